The van der Waals surface area contributed by atoms with Crippen LogP contribution in [0.2, 0.25) is 0 Å². The van der Waals surface area contributed by atoms with Crippen molar-refractivity contribution in [1.82, 2.24) is 20.1 Å². The molecule has 0 unspecified atom stereocenters. The van der Waals surface area contributed by atoms with E-state index < -0.39 is 0 Å². The number of thiazole rings is 1. The van der Waals surface area contributed by atoms with Crippen molar-refractivity contribution >= 4 is 27.5 Å². The van der Waals surface area contributed by atoms with E-state index in [2.05, 4.69) is 21.2 Å². The number of benzene rings is 1. The predicted octanol–water partition coefficient (Wildman–Crippen LogP) is 2.78. The third kappa shape index (κ3) is 2.20. The van der Waals surface area contributed by atoms with Crippen LogP contribution in [-0.2, 0) is 19.4 Å². The molecule has 0 aliphatic heterocycles. The first kappa shape index (κ1) is 13.5. The van der Waals surface area contributed by atoms with Crippen LogP contribution in [0.4, 0.5) is 0 Å². The third-order valence-corrected chi connectivity index (χ3v) is 5.09. The number of carbonyl (C=O) groups excluding carboxylic acids is 1. The minimum Gasteiger partial charge on any atom is -0.334 e. The fourth-order valence-electron chi connectivity index (χ4n) is 2.94. The Morgan fingerprint density at radius 3 is 3.09 bits per heavy atom. The molecule has 1 N–H and O–H groups in total. The number of fused-ring (bicyclic) bond motifs is 2. The summed E-state index contributed by atoms with van der Waals surface area (Å²) in [6.45, 7) is 0.514. The van der Waals surface area contributed by atoms with E-state index in [1.165, 1.54) is 0 Å². The molecule has 1 amide bonds. The normalized spacial score (nSPS) is 13.5. The average Bonchev–Trinajstić information content (AvgIpc) is 3.20. The molecule has 5 nitrogen and oxygen atoms in total. The Kier molecular flexibility index (Phi) is 3.18. The van der Waals surface area contributed by atoms with Crippen LogP contribution in [0.15, 0.2) is 24.3 Å². The summed E-state index contributed by atoms with van der Waals surface area (Å²) >= 11 is 1.63. The molecule has 1 aliphatic carbocycles. The van der Waals surface area contributed by atoms with Crippen molar-refractivity contribution in [2.75, 3.05) is 7.05 Å². The van der Waals surface area contributed by atoms with Crippen LogP contribution in [0.25, 0.3) is 10.2 Å². The largest absolute Gasteiger partial charge is 0.334 e. The first-order chi connectivity index (χ1) is 10.7. The number of hydrogen-bond donors (Lipinski definition) is 1. The lowest BCUT2D eigenvalue weighted by Gasteiger charge is -2.14. The van der Waals surface area contributed by atoms with Crippen molar-refractivity contribution in [2.24, 2.45) is 0 Å². The van der Waals surface area contributed by atoms with Gasteiger partial charge in [-0.2, -0.15) is 5.10 Å². The minimum absolute atomic E-state index is 0.0290. The van der Waals surface area contributed by atoms with Gasteiger partial charge in [-0.05, 0) is 31.4 Å². The van der Waals surface area contributed by atoms with Crippen molar-refractivity contribution < 1.29 is 4.79 Å². The van der Waals surface area contributed by atoms with Gasteiger partial charge in [0.1, 0.15) is 5.01 Å². The highest BCUT2D eigenvalue weighted by atomic mass is 32.1. The standard InChI is InChI=1S/C16H16N4OS/c1-20(9-14-17-12-6-2-3-8-13(12)22-14)16(21)15-10-5-4-7-11(10)18-19-15/h2-3,6,8H,4-5,7,9H2,1H3,(H,18,19). The molecule has 0 atom stereocenters. The van der Waals surface area contributed by atoms with Gasteiger partial charge in [-0.3, -0.25) is 9.89 Å². The maximum absolute atomic E-state index is 12.6. The van der Waals surface area contributed by atoms with Crippen molar-refractivity contribution in [1.29, 1.82) is 0 Å². The first-order valence-electron chi connectivity index (χ1n) is 7.38. The molecule has 22 heavy (non-hydrogen) atoms. The van der Waals surface area contributed by atoms with Crippen LogP contribution in [0.5, 0.6) is 0 Å². The average molecular weight is 312 g/mol. The second kappa shape index (κ2) is 5.21. The van der Waals surface area contributed by atoms with E-state index in [-0.39, 0.29) is 5.91 Å². The Hall–Kier alpha value is -2.21. The van der Waals surface area contributed by atoms with Gasteiger partial charge in [-0.25, -0.2) is 4.98 Å². The molecule has 0 spiro atoms. The molecule has 0 saturated carbocycles. The van der Waals surface area contributed by atoms with Crippen molar-refractivity contribution in [3.8, 4) is 0 Å². The number of hydrogen-bond acceptors (Lipinski definition) is 4. The van der Waals surface area contributed by atoms with Gasteiger partial charge in [0.2, 0.25) is 0 Å². The Balaban J connectivity index is 1.56. The third-order valence-electron chi connectivity index (χ3n) is 4.07. The maximum Gasteiger partial charge on any atom is 0.274 e. The zero-order chi connectivity index (χ0) is 15.1. The maximum atomic E-state index is 12.6. The molecule has 0 fully saturated rings. The molecule has 0 radical (unpaired) electrons. The summed E-state index contributed by atoms with van der Waals surface area (Å²) < 4.78 is 1.15. The minimum atomic E-state index is -0.0290. The van der Waals surface area contributed by atoms with Crippen molar-refractivity contribution in [3.05, 3.63) is 46.2 Å². The van der Waals surface area contributed by atoms with E-state index in [9.17, 15) is 4.79 Å². The number of aryl methyl sites for hydroxylation is 1. The fourth-order valence-corrected chi connectivity index (χ4v) is 3.96. The quantitative estimate of drug-likeness (QED) is 0.809. The van der Waals surface area contributed by atoms with E-state index in [1.54, 1.807) is 16.2 Å². The van der Waals surface area contributed by atoms with E-state index in [0.29, 0.717) is 12.2 Å². The Morgan fingerprint density at radius 2 is 2.23 bits per heavy atom. The molecular formula is C16H16N4OS. The first-order valence-corrected chi connectivity index (χ1v) is 8.20. The second-order valence-corrected chi connectivity index (χ2v) is 6.73. The number of carbonyl (C=O) groups is 1. The van der Waals surface area contributed by atoms with E-state index in [0.717, 1.165) is 45.7 Å². The summed E-state index contributed by atoms with van der Waals surface area (Å²) in [7, 11) is 1.81. The van der Waals surface area contributed by atoms with E-state index >= 15 is 0 Å². The molecule has 6 heteroatoms. The van der Waals surface area contributed by atoms with Crippen molar-refractivity contribution in [2.45, 2.75) is 25.8 Å². The van der Waals surface area contributed by atoms with Gasteiger partial charge in [0.05, 0.1) is 16.8 Å². The molecule has 1 aromatic carbocycles. The molecule has 2 heterocycles. The Labute approximate surface area is 132 Å². The number of aromatic nitrogens is 3. The fraction of sp³-hybridized carbons (Fsp3) is 0.312. The number of para-hydroxylation sites is 1. The summed E-state index contributed by atoms with van der Waals surface area (Å²) in [6.07, 6.45) is 3.05. The molecule has 4 rings (SSSR count). The van der Waals surface area contributed by atoms with Crippen LogP contribution in [0, 0.1) is 0 Å². The number of nitrogens with one attached hydrogen (secondary N) is 1. The van der Waals surface area contributed by atoms with Crippen LogP contribution in [-0.4, -0.2) is 33.0 Å². The van der Waals surface area contributed by atoms with Gasteiger partial charge in [-0.15, -0.1) is 11.3 Å². The number of nitrogens with zero attached hydrogens (tertiary/aromatic N) is 3. The Bertz CT molecular complexity index is 818. The summed E-state index contributed by atoms with van der Waals surface area (Å²) in [6, 6.07) is 8.04. The van der Waals surface area contributed by atoms with Gasteiger partial charge < -0.3 is 4.90 Å². The smallest absolute Gasteiger partial charge is 0.274 e. The van der Waals surface area contributed by atoms with E-state index in [1.807, 2.05) is 25.2 Å². The van der Waals surface area contributed by atoms with Crippen LogP contribution >= 0.6 is 11.3 Å². The summed E-state index contributed by atoms with van der Waals surface area (Å²) in [5.74, 6) is -0.0290. The monoisotopic (exact) mass is 312 g/mol. The lowest BCUT2D eigenvalue weighted by molar-refractivity contribution is 0.0778. The van der Waals surface area contributed by atoms with Gasteiger partial charge >= 0.3 is 0 Å². The number of rotatable bonds is 3. The zero-order valence-electron chi connectivity index (χ0n) is 12.3. The molecule has 112 valence electrons. The molecule has 1 aliphatic rings. The van der Waals surface area contributed by atoms with Crippen LogP contribution in [0.1, 0.15) is 33.2 Å². The lowest BCUT2D eigenvalue weighted by Crippen LogP contribution is -2.27. The molecular weight excluding hydrogens is 296 g/mol. The topological polar surface area (TPSA) is 61.9 Å². The summed E-state index contributed by atoms with van der Waals surface area (Å²) in [5, 5.41) is 8.16. The summed E-state index contributed by atoms with van der Waals surface area (Å²) in [5.41, 5.74) is 3.79. The van der Waals surface area contributed by atoms with Crippen LogP contribution < -0.4 is 0 Å². The molecule has 0 saturated heterocycles. The second-order valence-electron chi connectivity index (χ2n) is 5.62. The van der Waals surface area contributed by atoms with Gasteiger partial charge in [-0.1, -0.05) is 12.1 Å². The van der Waals surface area contributed by atoms with Gasteiger partial charge in [0, 0.05) is 18.3 Å². The lowest BCUT2D eigenvalue weighted by atomic mass is 10.2. The highest BCUT2D eigenvalue weighted by molar-refractivity contribution is 7.18. The predicted molar refractivity (Wildman–Crippen MR) is 86.0 cm³/mol. The highest BCUT2D eigenvalue weighted by Crippen LogP contribution is 2.25. The number of aromatic amines is 1. The number of amides is 1. The highest BCUT2D eigenvalue weighted by Gasteiger charge is 2.25. The molecule has 2 aromatic heterocycles. The van der Waals surface area contributed by atoms with Gasteiger partial charge in [0.25, 0.3) is 5.91 Å². The van der Waals surface area contributed by atoms with Gasteiger partial charge in [0.15, 0.2) is 5.69 Å². The SMILES string of the molecule is CN(Cc1nc2ccccc2s1)C(=O)c1n[nH]c2c1CCC2. The van der Waals surface area contributed by atoms with Crippen molar-refractivity contribution in [3.63, 3.8) is 0 Å². The summed E-state index contributed by atoms with van der Waals surface area (Å²) in [4.78, 5) is 18.9. The molecule has 3 aromatic rings. The van der Waals surface area contributed by atoms with E-state index in [4.69, 9.17) is 0 Å². The number of H-pyrrole nitrogens is 1. The van der Waals surface area contributed by atoms with Crippen LogP contribution in [0.3, 0.4) is 0 Å². The zero-order valence-corrected chi connectivity index (χ0v) is 13.1. The Morgan fingerprint density at radius 1 is 1.36 bits per heavy atom. The molecule has 0 bridgehead atoms.